The zero-order valence-corrected chi connectivity index (χ0v) is 15.1. The molecule has 1 aliphatic rings. The van der Waals surface area contributed by atoms with Gasteiger partial charge in [0.2, 0.25) is 0 Å². The predicted octanol–water partition coefficient (Wildman–Crippen LogP) is 1.01. The lowest BCUT2D eigenvalue weighted by atomic mass is 10.2. The van der Waals surface area contributed by atoms with Crippen LogP contribution in [0.25, 0.3) is 17.1 Å². The number of aromatic nitrogens is 3. The monoisotopic (exact) mass is 376 g/mol. The third-order valence-corrected chi connectivity index (χ3v) is 4.50. The van der Waals surface area contributed by atoms with Gasteiger partial charge in [-0.15, -0.1) is 0 Å². The van der Waals surface area contributed by atoms with E-state index in [1.807, 2.05) is 6.92 Å². The minimum Gasteiger partial charge on any atom is -0.463 e. The van der Waals surface area contributed by atoms with Crippen LogP contribution in [0.5, 0.6) is 0 Å². The molecular weight excluding hydrogens is 352 g/mol. The summed E-state index contributed by atoms with van der Waals surface area (Å²) in [6.45, 7) is 2.12. The number of fused-ring (bicyclic) bond motifs is 1. The number of esters is 1. The lowest BCUT2D eigenvalue weighted by molar-refractivity contribution is -0.137. The molecule has 0 spiro atoms. The minimum absolute atomic E-state index is 0.273. The average molecular weight is 376 g/mol. The van der Waals surface area contributed by atoms with E-state index in [1.54, 1.807) is 16.8 Å². The molecule has 9 nitrogen and oxygen atoms in total. The first-order valence-corrected chi connectivity index (χ1v) is 8.95. The summed E-state index contributed by atoms with van der Waals surface area (Å²) in [5.41, 5.74) is 7.17. The molecule has 9 heteroatoms. The third kappa shape index (κ3) is 4.10. The largest absolute Gasteiger partial charge is 0.463 e. The van der Waals surface area contributed by atoms with Gasteiger partial charge in [0.05, 0.1) is 24.7 Å². The standard InChI is InChI=1S/C18H24N4O5/c1-2-3-6-26-15(25)5-4-11-8-22(14-7-12(24)13(9-23)27-14)18-16(11)17(19)20-10-21-18/h4-5,8,10,12-14,23-24H,2-3,6-7,9H2,1H3,(H2,19,20,21)/b5-4+/t12-,13+,14+/m0/s1. The van der Waals surface area contributed by atoms with Crippen molar-refractivity contribution in [3.63, 3.8) is 0 Å². The van der Waals surface area contributed by atoms with Crippen molar-refractivity contribution in [1.29, 1.82) is 0 Å². The number of hydrogen-bond donors (Lipinski definition) is 3. The molecule has 27 heavy (non-hydrogen) atoms. The Morgan fingerprint density at radius 1 is 1.52 bits per heavy atom. The highest BCUT2D eigenvalue weighted by molar-refractivity contribution is 5.97. The summed E-state index contributed by atoms with van der Waals surface area (Å²) in [5, 5.41) is 19.9. The van der Waals surface area contributed by atoms with Gasteiger partial charge in [0, 0.05) is 24.3 Å². The number of nitrogens with two attached hydrogens (primary N) is 1. The number of nitrogen functional groups attached to an aromatic ring is 1. The van der Waals surface area contributed by atoms with E-state index in [2.05, 4.69) is 9.97 Å². The first-order valence-electron chi connectivity index (χ1n) is 8.95. The summed E-state index contributed by atoms with van der Waals surface area (Å²) in [5.74, 6) is -0.164. The number of carbonyl (C=O) groups excluding carboxylic acids is 1. The van der Waals surface area contributed by atoms with Gasteiger partial charge in [0.25, 0.3) is 0 Å². The molecule has 1 fully saturated rings. The van der Waals surface area contributed by atoms with Gasteiger partial charge in [-0.25, -0.2) is 14.8 Å². The molecule has 0 aliphatic carbocycles. The fourth-order valence-electron chi connectivity index (χ4n) is 3.06. The van der Waals surface area contributed by atoms with Gasteiger partial charge in [0.1, 0.15) is 30.1 Å². The van der Waals surface area contributed by atoms with Crippen LogP contribution in [-0.4, -0.2) is 56.1 Å². The summed E-state index contributed by atoms with van der Waals surface area (Å²) in [6.07, 6.45) is 6.15. The Kier molecular flexibility index (Phi) is 6.04. The number of aliphatic hydroxyl groups is 2. The van der Waals surface area contributed by atoms with E-state index in [4.69, 9.17) is 15.2 Å². The molecule has 1 saturated heterocycles. The van der Waals surface area contributed by atoms with Crippen LogP contribution in [0.2, 0.25) is 0 Å². The van der Waals surface area contributed by atoms with Crippen molar-refractivity contribution >= 4 is 28.9 Å². The molecule has 0 saturated carbocycles. The summed E-state index contributed by atoms with van der Waals surface area (Å²) >= 11 is 0. The molecule has 1 aliphatic heterocycles. The highest BCUT2D eigenvalue weighted by atomic mass is 16.5. The SMILES string of the molecule is CCCCOC(=O)/C=C/c1cn([C@H]2C[C@H](O)[C@@H](CO)O2)c2ncnc(N)c12. The summed E-state index contributed by atoms with van der Waals surface area (Å²) in [4.78, 5) is 20.1. The number of aliphatic hydroxyl groups excluding tert-OH is 2. The summed E-state index contributed by atoms with van der Waals surface area (Å²) < 4.78 is 12.6. The van der Waals surface area contributed by atoms with Crippen LogP contribution in [0.1, 0.15) is 38.0 Å². The smallest absolute Gasteiger partial charge is 0.330 e. The number of unbranched alkanes of at least 4 members (excludes halogenated alkanes) is 1. The molecule has 146 valence electrons. The number of nitrogens with zero attached hydrogens (tertiary/aromatic N) is 3. The van der Waals surface area contributed by atoms with Gasteiger partial charge < -0.3 is 30.0 Å². The highest BCUT2D eigenvalue weighted by Gasteiger charge is 2.35. The zero-order valence-electron chi connectivity index (χ0n) is 15.1. The predicted molar refractivity (Wildman–Crippen MR) is 98.5 cm³/mol. The Balaban J connectivity index is 1.89. The van der Waals surface area contributed by atoms with Crippen molar-refractivity contribution in [2.24, 2.45) is 0 Å². The number of carbonyl (C=O) groups is 1. The molecule has 2 aromatic rings. The molecule has 3 heterocycles. The Morgan fingerprint density at radius 3 is 3.04 bits per heavy atom. The lowest BCUT2D eigenvalue weighted by Gasteiger charge is -2.14. The fourth-order valence-corrected chi connectivity index (χ4v) is 3.06. The highest BCUT2D eigenvalue weighted by Crippen LogP contribution is 2.34. The van der Waals surface area contributed by atoms with Crippen LogP contribution in [-0.2, 0) is 14.3 Å². The molecule has 0 aromatic carbocycles. The average Bonchev–Trinajstić information content (AvgIpc) is 3.21. The van der Waals surface area contributed by atoms with Crippen LogP contribution >= 0.6 is 0 Å². The van der Waals surface area contributed by atoms with Crippen molar-refractivity contribution in [2.45, 2.75) is 44.6 Å². The van der Waals surface area contributed by atoms with E-state index >= 15 is 0 Å². The number of hydrogen-bond acceptors (Lipinski definition) is 8. The second-order valence-electron chi connectivity index (χ2n) is 6.42. The molecule has 2 aromatic heterocycles. The van der Waals surface area contributed by atoms with Crippen molar-refractivity contribution in [3.8, 4) is 0 Å². The number of ether oxygens (including phenoxy) is 2. The summed E-state index contributed by atoms with van der Waals surface area (Å²) in [6, 6.07) is 0. The van der Waals surface area contributed by atoms with Crippen LogP contribution in [0.15, 0.2) is 18.6 Å². The Morgan fingerprint density at radius 2 is 2.33 bits per heavy atom. The molecular formula is C18H24N4O5. The van der Waals surface area contributed by atoms with E-state index in [0.29, 0.717) is 29.6 Å². The van der Waals surface area contributed by atoms with Gasteiger partial charge >= 0.3 is 5.97 Å². The Bertz CT molecular complexity index is 835. The normalized spacial score (nSPS) is 22.7. The van der Waals surface area contributed by atoms with Crippen LogP contribution in [0.3, 0.4) is 0 Å². The van der Waals surface area contributed by atoms with E-state index in [9.17, 15) is 15.0 Å². The van der Waals surface area contributed by atoms with Gasteiger partial charge in [-0.05, 0) is 12.5 Å². The molecule has 0 unspecified atom stereocenters. The van der Waals surface area contributed by atoms with Crippen molar-refractivity contribution < 1.29 is 24.5 Å². The molecule has 0 amide bonds. The van der Waals surface area contributed by atoms with Crippen molar-refractivity contribution in [3.05, 3.63) is 24.2 Å². The molecule has 0 bridgehead atoms. The minimum atomic E-state index is -0.774. The van der Waals surface area contributed by atoms with Crippen LogP contribution in [0, 0.1) is 0 Å². The molecule has 3 atom stereocenters. The van der Waals surface area contributed by atoms with Gasteiger partial charge in [-0.2, -0.15) is 0 Å². The van der Waals surface area contributed by atoms with Crippen LogP contribution < -0.4 is 5.73 Å². The number of anilines is 1. The maximum Gasteiger partial charge on any atom is 0.330 e. The van der Waals surface area contributed by atoms with Crippen molar-refractivity contribution in [2.75, 3.05) is 18.9 Å². The second kappa shape index (κ2) is 8.47. The van der Waals surface area contributed by atoms with Crippen LogP contribution in [0.4, 0.5) is 5.82 Å². The van der Waals surface area contributed by atoms with E-state index in [-0.39, 0.29) is 12.4 Å². The molecule has 0 radical (unpaired) electrons. The molecule has 4 N–H and O–H groups in total. The Labute approximate surface area is 156 Å². The topological polar surface area (TPSA) is 133 Å². The first kappa shape index (κ1) is 19.3. The van der Waals surface area contributed by atoms with E-state index in [1.165, 1.54) is 12.4 Å². The first-order chi connectivity index (χ1) is 13.0. The van der Waals surface area contributed by atoms with Gasteiger partial charge in [-0.1, -0.05) is 13.3 Å². The number of rotatable bonds is 7. The van der Waals surface area contributed by atoms with Crippen molar-refractivity contribution in [1.82, 2.24) is 14.5 Å². The molecule has 3 rings (SSSR count). The Hall–Kier alpha value is -2.49. The van der Waals surface area contributed by atoms with E-state index in [0.717, 1.165) is 12.8 Å². The fraction of sp³-hybridized carbons (Fsp3) is 0.500. The van der Waals surface area contributed by atoms with Gasteiger partial charge in [-0.3, -0.25) is 0 Å². The second-order valence-corrected chi connectivity index (χ2v) is 6.42. The quantitative estimate of drug-likeness (QED) is 0.370. The third-order valence-electron chi connectivity index (χ3n) is 4.50. The summed E-state index contributed by atoms with van der Waals surface area (Å²) in [7, 11) is 0. The van der Waals surface area contributed by atoms with Gasteiger partial charge in [0.15, 0.2) is 0 Å². The zero-order chi connectivity index (χ0) is 19.4. The van der Waals surface area contributed by atoms with E-state index < -0.39 is 24.4 Å². The lowest BCUT2D eigenvalue weighted by Crippen LogP contribution is -2.24. The maximum atomic E-state index is 11.8. The maximum absolute atomic E-state index is 11.8.